The van der Waals surface area contributed by atoms with Gasteiger partial charge in [-0.15, -0.1) is 0 Å². The maximum atomic E-state index is 13.6. The highest BCUT2D eigenvalue weighted by molar-refractivity contribution is 5.76. The van der Waals surface area contributed by atoms with Gasteiger partial charge in [-0.25, -0.2) is 4.98 Å². The predicted octanol–water partition coefficient (Wildman–Crippen LogP) is 8.88. The van der Waals surface area contributed by atoms with Crippen molar-refractivity contribution in [1.29, 1.82) is 0 Å². The summed E-state index contributed by atoms with van der Waals surface area (Å²) >= 11 is 0. The van der Waals surface area contributed by atoms with Crippen molar-refractivity contribution in [2.24, 2.45) is 0 Å². The molecule has 1 aromatic carbocycles. The number of hydrogen-bond acceptors (Lipinski definition) is 6. The zero-order valence-corrected chi connectivity index (χ0v) is 27.3. The quantitative estimate of drug-likeness (QED) is 0.206. The first-order chi connectivity index (χ1) is 21.1. The van der Waals surface area contributed by atoms with Crippen molar-refractivity contribution in [1.82, 2.24) is 14.9 Å². The van der Waals surface area contributed by atoms with Crippen molar-refractivity contribution in [2.45, 2.75) is 123 Å². The third-order valence-corrected chi connectivity index (χ3v) is 8.67. The van der Waals surface area contributed by atoms with Crippen LogP contribution in [0.4, 0.5) is 30.6 Å². The first-order valence-electron chi connectivity index (χ1n) is 16.5. The summed E-state index contributed by atoms with van der Waals surface area (Å²) in [4.78, 5) is 22.0. The van der Waals surface area contributed by atoms with E-state index in [0.29, 0.717) is 37.5 Å². The van der Waals surface area contributed by atoms with Crippen molar-refractivity contribution >= 4 is 23.4 Å². The fourth-order valence-electron chi connectivity index (χ4n) is 5.28. The highest BCUT2D eigenvalue weighted by atomic mass is 19.4. The van der Waals surface area contributed by atoms with Crippen LogP contribution in [0.3, 0.4) is 0 Å². The molecule has 1 atom stereocenters. The van der Waals surface area contributed by atoms with Gasteiger partial charge in [-0.1, -0.05) is 53.2 Å². The van der Waals surface area contributed by atoms with Gasteiger partial charge in [-0.3, -0.25) is 4.79 Å². The van der Waals surface area contributed by atoms with Crippen molar-refractivity contribution in [3.05, 3.63) is 41.1 Å². The summed E-state index contributed by atoms with van der Waals surface area (Å²) in [6.45, 7) is 13.2. The van der Waals surface area contributed by atoms with Crippen LogP contribution >= 0.6 is 0 Å². The Balaban J connectivity index is 0.000000502. The molecule has 7 nitrogen and oxygen atoms in total. The Morgan fingerprint density at radius 3 is 2.52 bits per heavy atom. The molecule has 1 amide bonds. The number of likely N-dealkylation sites (tertiary alicyclic amines) is 1. The summed E-state index contributed by atoms with van der Waals surface area (Å²) in [6.07, 6.45) is 6.97. The van der Waals surface area contributed by atoms with E-state index in [1.807, 2.05) is 24.0 Å². The number of aryl methyl sites for hydroxylation is 1. The summed E-state index contributed by atoms with van der Waals surface area (Å²) in [6, 6.07) is 6.10. The molecule has 0 radical (unpaired) electrons. The van der Waals surface area contributed by atoms with Crippen LogP contribution in [0, 0.1) is 0 Å². The van der Waals surface area contributed by atoms with Gasteiger partial charge in [-0.2, -0.15) is 18.2 Å². The van der Waals surface area contributed by atoms with Gasteiger partial charge in [0, 0.05) is 44.5 Å². The van der Waals surface area contributed by atoms with Gasteiger partial charge < -0.3 is 20.3 Å². The number of nitrogens with zero attached hydrogens (tertiary/aromatic N) is 3. The van der Waals surface area contributed by atoms with Gasteiger partial charge in [0.15, 0.2) is 0 Å². The molecule has 4 rings (SSSR count). The average molecular weight is 620 g/mol. The minimum atomic E-state index is -4.58. The van der Waals surface area contributed by atoms with Crippen LogP contribution in [0.2, 0.25) is 0 Å². The number of alkyl halides is 3. The largest absolute Gasteiger partial charge is 0.421 e. The van der Waals surface area contributed by atoms with E-state index in [4.69, 9.17) is 4.74 Å². The van der Waals surface area contributed by atoms with Crippen molar-refractivity contribution in [3.63, 3.8) is 0 Å². The third kappa shape index (κ3) is 10.6. The molecule has 1 aliphatic heterocycles. The Morgan fingerprint density at radius 2 is 1.89 bits per heavy atom. The second-order valence-corrected chi connectivity index (χ2v) is 12.0. The number of ether oxygens (including phenoxy) is 1. The lowest BCUT2D eigenvalue weighted by atomic mass is 9.95. The van der Waals surface area contributed by atoms with E-state index in [0.717, 1.165) is 62.6 Å². The Bertz CT molecular complexity index is 1190. The van der Waals surface area contributed by atoms with Crippen LogP contribution in [0.25, 0.3) is 0 Å². The number of halogens is 3. The van der Waals surface area contributed by atoms with E-state index in [2.05, 4.69) is 54.4 Å². The third-order valence-electron chi connectivity index (χ3n) is 8.67. The van der Waals surface area contributed by atoms with Crippen LogP contribution in [-0.4, -0.2) is 52.6 Å². The molecule has 246 valence electrons. The van der Waals surface area contributed by atoms with Gasteiger partial charge in [0.25, 0.3) is 0 Å². The first kappa shape index (κ1) is 35.6. The second-order valence-electron chi connectivity index (χ2n) is 12.0. The summed E-state index contributed by atoms with van der Waals surface area (Å²) in [5.74, 6) is 0.399. The average Bonchev–Trinajstić information content (AvgIpc) is 3.83. The number of carbonyl (C=O) groups excluding carboxylic acids is 1. The number of rotatable bonds is 14. The molecule has 44 heavy (non-hydrogen) atoms. The molecule has 1 saturated carbocycles. The minimum Gasteiger partial charge on any atom is -0.375 e. The van der Waals surface area contributed by atoms with E-state index in [1.54, 1.807) is 0 Å². The fourth-order valence-corrected chi connectivity index (χ4v) is 5.28. The molecule has 1 aliphatic carbocycles. The lowest BCUT2D eigenvalue weighted by molar-refractivity contribution is -0.137. The monoisotopic (exact) mass is 619 g/mol. The second kappa shape index (κ2) is 17.0. The van der Waals surface area contributed by atoms with Crippen LogP contribution in [-0.2, 0) is 22.1 Å². The SMILES string of the molecule is CCCOC1(CC)CC1.CCc1cc(C(C)CC)ccc1Nc1ncc(C(F)(F)F)c(NCCCN2CCCCCC2=O)n1. The normalized spacial score (nSPS) is 16.9. The Hall–Kier alpha value is -2.88. The molecule has 0 bridgehead atoms. The molecule has 1 saturated heterocycles. The molecule has 2 fully saturated rings. The maximum Gasteiger partial charge on any atom is 0.421 e. The summed E-state index contributed by atoms with van der Waals surface area (Å²) in [5.41, 5.74) is 2.51. The van der Waals surface area contributed by atoms with E-state index < -0.39 is 11.7 Å². The highest BCUT2D eigenvalue weighted by Crippen LogP contribution is 2.42. The molecule has 1 unspecified atom stereocenters. The maximum absolute atomic E-state index is 13.6. The van der Waals surface area contributed by atoms with Gasteiger partial charge >= 0.3 is 6.18 Å². The Kier molecular flexibility index (Phi) is 13.7. The molecular weight excluding hydrogens is 567 g/mol. The van der Waals surface area contributed by atoms with Gasteiger partial charge in [0.05, 0.1) is 5.60 Å². The first-order valence-corrected chi connectivity index (χ1v) is 16.5. The number of anilines is 3. The highest BCUT2D eigenvalue weighted by Gasteiger charge is 2.41. The lowest BCUT2D eigenvalue weighted by Gasteiger charge is -2.21. The lowest BCUT2D eigenvalue weighted by Crippen LogP contribution is -2.32. The standard InChI is InChI=1S/C26H36F3N5O.C8H16O/c1-4-18(3)20-11-12-22(19(5-2)16-20)32-25-31-17-21(26(27,28)29)24(33-25)30-13-9-15-34-14-8-6-7-10-23(34)35;1-3-7-9-8(4-2)5-6-8/h11-12,16-18H,4-10,13-15H2,1-3H3,(H2,30,31,32,33);3-7H2,1-2H3. The van der Waals surface area contributed by atoms with E-state index in [9.17, 15) is 18.0 Å². The van der Waals surface area contributed by atoms with E-state index in [1.165, 1.54) is 24.8 Å². The van der Waals surface area contributed by atoms with E-state index in [-0.39, 0.29) is 24.2 Å². The number of hydrogen-bond donors (Lipinski definition) is 2. The summed E-state index contributed by atoms with van der Waals surface area (Å²) in [7, 11) is 0. The van der Waals surface area contributed by atoms with Crippen molar-refractivity contribution in [3.8, 4) is 0 Å². The van der Waals surface area contributed by atoms with Crippen LogP contribution in [0.5, 0.6) is 0 Å². The molecule has 2 N–H and O–H groups in total. The molecule has 2 aliphatic rings. The number of carbonyl (C=O) groups is 1. The van der Waals surface area contributed by atoms with Crippen LogP contribution < -0.4 is 10.6 Å². The topological polar surface area (TPSA) is 79.4 Å². The molecule has 0 spiro atoms. The molecular formula is C34H52F3N5O2. The summed E-state index contributed by atoms with van der Waals surface area (Å²) < 4.78 is 46.4. The van der Waals surface area contributed by atoms with Crippen LogP contribution in [0.1, 0.15) is 121 Å². The number of amides is 1. The molecule has 2 aromatic rings. The van der Waals surface area contributed by atoms with Gasteiger partial charge in [-0.05, 0) is 80.9 Å². The fraction of sp³-hybridized carbons (Fsp3) is 0.676. The zero-order valence-electron chi connectivity index (χ0n) is 27.3. The van der Waals surface area contributed by atoms with Crippen LogP contribution in [0.15, 0.2) is 24.4 Å². The predicted molar refractivity (Wildman–Crippen MR) is 171 cm³/mol. The zero-order chi connectivity index (χ0) is 32.2. The van der Waals surface area contributed by atoms with Crippen molar-refractivity contribution in [2.75, 3.05) is 36.9 Å². The Morgan fingerprint density at radius 1 is 1.11 bits per heavy atom. The molecule has 2 heterocycles. The van der Waals surface area contributed by atoms with Crippen molar-refractivity contribution < 1.29 is 22.7 Å². The summed E-state index contributed by atoms with van der Waals surface area (Å²) in [5, 5.41) is 5.93. The number of nitrogens with one attached hydrogen (secondary N) is 2. The van der Waals surface area contributed by atoms with Gasteiger partial charge in [0.2, 0.25) is 11.9 Å². The van der Waals surface area contributed by atoms with E-state index >= 15 is 0 Å². The smallest absolute Gasteiger partial charge is 0.375 e. The van der Waals surface area contributed by atoms with Gasteiger partial charge in [0.1, 0.15) is 11.4 Å². The molecule has 10 heteroatoms. The number of benzene rings is 1. The molecule has 1 aromatic heterocycles. The Labute approximate surface area is 261 Å². The number of aromatic nitrogens is 2. The minimum absolute atomic E-state index is 0.106.